The molecule has 1 amide bonds. The molecule has 1 aromatic carbocycles. The Morgan fingerprint density at radius 1 is 1.27 bits per heavy atom. The van der Waals surface area contributed by atoms with Gasteiger partial charge in [-0.15, -0.1) is 0 Å². The minimum Gasteiger partial charge on any atom is -0.493 e. The van der Waals surface area contributed by atoms with Gasteiger partial charge in [0, 0.05) is 6.04 Å². The van der Waals surface area contributed by atoms with E-state index in [0.29, 0.717) is 23.7 Å². The Morgan fingerprint density at radius 3 is 2.65 bits per heavy atom. The Balaban J connectivity index is 1.94. The SMILES string of the molecule is C=CCOc1ccc(C(=O)O[C@H](C)C(=O)NC2CCCCC2)cc1OC. The molecule has 0 saturated heterocycles. The van der Waals surface area contributed by atoms with Gasteiger partial charge < -0.3 is 19.5 Å². The van der Waals surface area contributed by atoms with Crippen LogP contribution in [0.3, 0.4) is 0 Å². The minimum absolute atomic E-state index is 0.179. The van der Waals surface area contributed by atoms with E-state index in [1.54, 1.807) is 25.1 Å². The zero-order valence-electron chi connectivity index (χ0n) is 15.5. The first-order valence-electron chi connectivity index (χ1n) is 8.98. The molecule has 2 rings (SSSR count). The van der Waals surface area contributed by atoms with Crippen LogP contribution in [0.15, 0.2) is 30.9 Å². The summed E-state index contributed by atoms with van der Waals surface area (Å²) in [6.45, 7) is 5.50. The van der Waals surface area contributed by atoms with Crippen molar-refractivity contribution in [3.05, 3.63) is 36.4 Å². The number of amides is 1. The summed E-state index contributed by atoms with van der Waals surface area (Å²) in [5, 5.41) is 2.96. The summed E-state index contributed by atoms with van der Waals surface area (Å²) in [6.07, 6.45) is 6.19. The van der Waals surface area contributed by atoms with Crippen LogP contribution in [0.25, 0.3) is 0 Å². The molecule has 0 spiro atoms. The van der Waals surface area contributed by atoms with Crippen molar-refractivity contribution >= 4 is 11.9 Å². The third-order valence-corrected chi connectivity index (χ3v) is 4.36. The lowest BCUT2D eigenvalue weighted by molar-refractivity contribution is -0.130. The van der Waals surface area contributed by atoms with E-state index in [9.17, 15) is 9.59 Å². The maximum Gasteiger partial charge on any atom is 0.339 e. The Kier molecular flexibility index (Phi) is 7.51. The second-order valence-corrected chi connectivity index (χ2v) is 6.36. The van der Waals surface area contributed by atoms with Gasteiger partial charge in [0.1, 0.15) is 6.61 Å². The molecule has 1 aromatic rings. The number of hydrogen-bond donors (Lipinski definition) is 1. The van der Waals surface area contributed by atoms with Crippen LogP contribution in [0, 0.1) is 0 Å². The van der Waals surface area contributed by atoms with E-state index >= 15 is 0 Å². The second kappa shape index (κ2) is 9.85. The minimum atomic E-state index is -0.855. The number of carbonyl (C=O) groups excluding carboxylic acids is 2. The fourth-order valence-electron chi connectivity index (χ4n) is 2.91. The molecule has 0 bridgehead atoms. The van der Waals surface area contributed by atoms with Crippen LogP contribution in [0.1, 0.15) is 49.4 Å². The molecule has 26 heavy (non-hydrogen) atoms. The highest BCUT2D eigenvalue weighted by molar-refractivity contribution is 5.92. The first-order valence-corrected chi connectivity index (χ1v) is 8.98. The van der Waals surface area contributed by atoms with Gasteiger partial charge in [0.15, 0.2) is 17.6 Å². The second-order valence-electron chi connectivity index (χ2n) is 6.36. The molecular formula is C20H27NO5. The molecule has 0 aliphatic heterocycles. The third-order valence-electron chi connectivity index (χ3n) is 4.36. The summed E-state index contributed by atoms with van der Waals surface area (Å²) in [5.41, 5.74) is 0.296. The Bertz CT molecular complexity index is 637. The van der Waals surface area contributed by atoms with Gasteiger partial charge in [-0.05, 0) is 38.0 Å². The number of benzene rings is 1. The highest BCUT2D eigenvalue weighted by atomic mass is 16.5. The monoisotopic (exact) mass is 361 g/mol. The van der Waals surface area contributed by atoms with E-state index in [1.807, 2.05) is 0 Å². The third kappa shape index (κ3) is 5.51. The van der Waals surface area contributed by atoms with Gasteiger partial charge in [0.2, 0.25) is 0 Å². The Hall–Kier alpha value is -2.50. The summed E-state index contributed by atoms with van der Waals surface area (Å²) in [7, 11) is 1.49. The van der Waals surface area contributed by atoms with Gasteiger partial charge in [-0.3, -0.25) is 4.79 Å². The molecule has 6 heteroatoms. The van der Waals surface area contributed by atoms with Crippen molar-refractivity contribution in [1.29, 1.82) is 0 Å². The van der Waals surface area contributed by atoms with Crippen LogP contribution in [0.2, 0.25) is 0 Å². The molecule has 6 nitrogen and oxygen atoms in total. The van der Waals surface area contributed by atoms with Crippen LogP contribution in [-0.2, 0) is 9.53 Å². The molecule has 1 fully saturated rings. The zero-order valence-corrected chi connectivity index (χ0v) is 15.5. The molecule has 1 N–H and O–H groups in total. The van der Waals surface area contributed by atoms with Gasteiger partial charge in [0.05, 0.1) is 12.7 Å². The maximum absolute atomic E-state index is 12.3. The van der Waals surface area contributed by atoms with Gasteiger partial charge >= 0.3 is 5.97 Å². The standard InChI is InChI=1S/C20H27NO5/c1-4-12-25-17-11-10-15(13-18(17)24-3)20(23)26-14(2)19(22)21-16-8-6-5-7-9-16/h4,10-11,13-14,16H,1,5-9,12H2,2-3H3,(H,21,22)/t14-/m1/s1. The highest BCUT2D eigenvalue weighted by Crippen LogP contribution is 2.28. The molecule has 0 heterocycles. The van der Waals surface area contributed by atoms with Crippen molar-refractivity contribution in [1.82, 2.24) is 5.32 Å². The van der Waals surface area contributed by atoms with Crippen molar-refractivity contribution in [2.45, 2.75) is 51.2 Å². The number of nitrogens with one attached hydrogen (secondary N) is 1. The van der Waals surface area contributed by atoms with E-state index in [0.717, 1.165) is 25.7 Å². The smallest absolute Gasteiger partial charge is 0.339 e. The predicted octanol–water partition coefficient (Wildman–Crippen LogP) is 3.25. The molecule has 0 radical (unpaired) electrons. The lowest BCUT2D eigenvalue weighted by atomic mass is 9.95. The highest BCUT2D eigenvalue weighted by Gasteiger charge is 2.23. The maximum atomic E-state index is 12.3. The van der Waals surface area contributed by atoms with Gasteiger partial charge in [-0.1, -0.05) is 31.9 Å². The summed E-state index contributed by atoms with van der Waals surface area (Å²) in [5.74, 6) is 0.0840. The largest absolute Gasteiger partial charge is 0.493 e. The number of esters is 1. The van der Waals surface area contributed by atoms with Gasteiger partial charge in [-0.2, -0.15) is 0 Å². The molecule has 0 unspecified atom stereocenters. The van der Waals surface area contributed by atoms with Crippen molar-refractivity contribution in [3.8, 4) is 11.5 Å². The molecule has 142 valence electrons. The van der Waals surface area contributed by atoms with Crippen LogP contribution in [-0.4, -0.2) is 37.7 Å². The fraction of sp³-hybridized carbons (Fsp3) is 0.500. The van der Waals surface area contributed by atoms with E-state index in [1.165, 1.54) is 19.6 Å². The normalized spacial score (nSPS) is 15.6. The average Bonchev–Trinajstić information content (AvgIpc) is 2.66. The van der Waals surface area contributed by atoms with E-state index < -0.39 is 12.1 Å². The molecule has 1 aliphatic rings. The topological polar surface area (TPSA) is 73.9 Å². The zero-order chi connectivity index (χ0) is 18.9. The summed E-state index contributed by atoms with van der Waals surface area (Å²) in [4.78, 5) is 24.6. The molecule has 1 atom stereocenters. The summed E-state index contributed by atoms with van der Waals surface area (Å²) in [6, 6.07) is 4.92. The lowest BCUT2D eigenvalue weighted by Crippen LogP contribution is -2.42. The first kappa shape index (κ1) is 19.8. The Morgan fingerprint density at radius 2 is 2.00 bits per heavy atom. The quantitative estimate of drug-likeness (QED) is 0.568. The van der Waals surface area contributed by atoms with Crippen LogP contribution < -0.4 is 14.8 Å². The first-order chi connectivity index (χ1) is 12.5. The van der Waals surface area contributed by atoms with Crippen molar-refractivity contribution in [2.75, 3.05) is 13.7 Å². The summed E-state index contributed by atoms with van der Waals surface area (Å²) < 4.78 is 16.0. The van der Waals surface area contributed by atoms with Crippen molar-refractivity contribution in [3.63, 3.8) is 0 Å². The van der Waals surface area contributed by atoms with Gasteiger partial charge in [0.25, 0.3) is 5.91 Å². The number of hydrogen-bond acceptors (Lipinski definition) is 5. The van der Waals surface area contributed by atoms with Crippen LogP contribution in [0.5, 0.6) is 11.5 Å². The van der Waals surface area contributed by atoms with Crippen LogP contribution >= 0.6 is 0 Å². The van der Waals surface area contributed by atoms with Crippen LogP contribution in [0.4, 0.5) is 0 Å². The molecule has 0 aromatic heterocycles. The molecular weight excluding hydrogens is 334 g/mol. The van der Waals surface area contributed by atoms with E-state index in [4.69, 9.17) is 14.2 Å². The summed E-state index contributed by atoms with van der Waals surface area (Å²) >= 11 is 0. The fourth-order valence-corrected chi connectivity index (χ4v) is 2.91. The van der Waals surface area contributed by atoms with Crippen molar-refractivity contribution in [2.24, 2.45) is 0 Å². The van der Waals surface area contributed by atoms with E-state index in [2.05, 4.69) is 11.9 Å². The number of rotatable bonds is 8. The molecule has 1 saturated carbocycles. The van der Waals surface area contributed by atoms with Gasteiger partial charge in [-0.25, -0.2) is 4.79 Å². The molecule has 1 aliphatic carbocycles. The Labute approximate surface area is 154 Å². The average molecular weight is 361 g/mol. The van der Waals surface area contributed by atoms with E-state index in [-0.39, 0.29) is 11.9 Å². The number of ether oxygens (including phenoxy) is 3. The predicted molar refractivity (Wildman–Crippen MR) is 98.6 cm³/mol. The number of carbonyl (C=O) groups is 2. The lowest BCUT2D eigenvalue weighted by Gasteiger charge is -2.24. The number of methoxy groups -OCH3 is 1. The van der Waals surface area contributed by atoms with Crippen molar-refractivity contribution < 1.29 is 23.8 Å².